The minimum Gasteiger partial charge on any atom is -0.456 e. The van der Waals surface area contributed by atoms with Gasteiger partial charge in [0.05, 0.1) is 10.7 Å². The van der Waals surface area contributed by atoms with Gasteiger partial charge in [0, 0.05) is 28.3 Å². The first-order valence-corrected chi connectivity index (χ1v) is 11.0. The van der Waals surface area contributed by atoms with Crippen LogP contribution in [0.4, 0.5) is 0 Å². The first kappa shape index (κ1) is 20.4. The van der Waals surface area contributed by atoms with Crippen LogP contribution in [0.25, 0.3) is 0 Å². The minimum absolute atomic E-state index is 0.141. The van der Waals surface area contributed by atoms with Gasteiger partial charge in [-0.25, -0.2) is 4.98 Å². The van der Waals surface area contributed by atoms with E-state index in [0.29, 0.717) is 15.7 Å². The molecule has 2 heterocycles. The molecule has 0 radical (unpaired) electrons. The molecule has 0 aliphatic rings. The number of hydrogen-bond acceptors (Lipinski definition) is 5. The van der Waals surface area contributed by atoms with Crippen molar-refractivity contribution in [2.75, 3.05) is 0 Å². The second-order valence-electron chi connectivity index (χ2n) is 6.64. The lowest BCUT2D eigenvalue weighted by atomic mass is 10.1. The Balaban J connectivity index is 2.04. The number of hydrogen-bond donors (Lipinski definition) is 2. The maximum atomic E-state index is 12.3. The lowest BCUT2D eigenvalue weighted by Crippen LogP contribution is -2.17. The van der Waals surface area contributed by atoms with E-state index in [4.69, 9.17) is 17.4 Å². The zero-order chi connectivity index (χ0) is 19.7. The van der Waals surface area contributed by atoms with Gasteiger partial charge in [0.25, 0.3) is 5.56 Å². The first-order valence-electron chi connectivity index (χ1n) is 8.52. The van der Waals surface area contributed by atoms with E-state index in [1.165, 1.54) is 0 Å². The summed E-state index contributed by atoms with van der Waals surface area (Å²) in [5, 5.41) is 2.94. The quantitative estimate of drug-likeness (QED) is 0.342. The Kier molecular flexibility index (Phi) is 6.32. The molecule has 142 valence electrons. The van der Waals surface area contributed by atoms with E-state index in [1.54, 1.807) is 11.3 Å². The molecule has 1 unspecified atom stereocenters. The fraction of sp³-hybridized carbons (Fsp3) is 0.300. The van der Waals surface area contributed by atoms with Crippen molar-refractivity contribution in [1.82, 2.24) is 9.97 Å². The number of nitrogens with zero attached hydrogens (tertiary/aromatic N) is 1. The molecule has 4 nitrogen and oxygen atoms in total. The van der Waals surface area contributed by atoms with E-state index in [1.807, 2.05) is 62.4 Å². The van der Waals surface area contributed by atoms with E-state index in [2.05, 4.69) is 21.4 Å². The number of aromatic amines is 1. The number of thiol groups is 1. The predicted octanol–water partition coefficient (Wildman–Crippen LogP) is 5.68. The highest BCUT2D eigenvalue weighted by Crippen LogP contribution is 2.38. The lowest BCUT2D eigenvalue weighted by molar-refractivity contribution is 0.468. The van der Waals surface area contributed by atoms with Gasteiger partial charge in [0.2, 0.25) is 0 Å². The fourth-order valence-corrected chi connectivity index (χ4v) is 4.76. The van der Waals surface area contributed by atoms with Crippen LogP contribution in [0.15, 0.2) is 28.4 Å². The zero-order valence-corrected chi connectivity index (χ0v) is 19.5. The van der Waals surface area contributed by atoms with Gasteiger partial charge in [-0.05, 0) is 73.5 Å². The van der Waals surface area contributed by atoms with Crippen LogP contribution in [-0.2, 0) is 6.42 Å². The molecule has 3 rings (SSSR count). The third-order valence-corrected chi connectivity index (χ3v) is 6.41. The Bertz CT molecular complexity index is 1020. The highest BCUT2D eigenvalue weighted by atomic mass is 127. The van der Waals surface area contributed by atoms with Gasteiger partial charge >= 0.3 is 0 Å². The number of halogens is 1. The zero-order valence-electron chi connectivity index (χ0n) is 15.6. The van der Waals surface area contributed by atoms with Gasteiger partial charge in [-0.15, -0.1) is 11.3 Å². The molecular weight excluding hydrogens is 491 g/mol. The number of thiazole rings is 1. The van der Waals surface area contributed by atoms with Crippen molar-refractivity contribution in [3.63, 3.8) is 0 Å². The number of aromatic nitrogens is 2. The number of rotatable bonds is 5. The van der Waals surface area contributed by atoms with Crippen molar-refractivity contribution in [1.29, 1.82) is 0 Å². The molecular formula is C20H21IN2O2S2. The van der Waals surface area contributed by atoms with Crippen molar-refractivity contribution in [2.24, 2.45) is 0 Å². The molecule has 0 aliphatic heterocycles. The number of aryl methyl sites for hydroxylation is 4. The summed E-state index contributed by atoms with van der Waals surface area (Å²) >= 11 is 8.50. The van der Waals surface area contributed by atoms with Crippen molar-refractivity contribution in [3.05, 3.63) is 70.6 Å². The molecule has 1 N–H and O–H groups in total. The summed E-state index contributed by atoms with van der Waals surface area (Å²) in [5.74, 6) is 1.30. The van der Waals surface area contributed by atoms with Crippen molar-refractivity contribution < 1.29 is 4.74 Å². The highest BCUT2D eigenvalue weighted by Gasteiger charge is 2.23. The SMILES string of the molecule is Cc1cc(C)cc(Oc2c(C(S)Cc3csc(C)n3)c(C)[nH]c(=O)c2I)c1. The molecule has 0 amide bonds. The largest absolute Gasteiger partial charge is 0.456 e. The summed E-state index contributed by atoms with van der Waals surface area (Å²) in [6.45, 7) is 7.93. The maximum Gasteiger partial charge on any atom is 0.265 e. The second kappa shape index (κ2) is 8.36. The molecule has 3 aromatic rings. The molecule has 0 bridgehead atoms. The van der Waals surface area contributed by atoms with E-state index >= 15 is 0 Å². The average Bonchev–Trinajstić information content (AvgIpc) is 2.96. The smallest absolute Gasteiger partial charge is 0.265 e. The summed E-state index contributed by atoms with van der Waals surface area (Å²) in [4.78, 5) is 19.8. The fourth-order valence-electron chi connectivity index (χ4n) is 3.10. The van der Waals surface area contributed by atoms with Crippen LogP contribution in [0.3, 0.4) is 0 Å². The van der Waals surface area contributed by atoms with Crippen molar-refractivity contribution in [3.8, 4) is 11.5 Å². The summed E-state index contributed by atoms with van der Waals surface area (Å²) in [5.41, 5.74) is 4.74. The normalized spacial score (nSPS) is 12.2. The molecule has 0 spiro atoms. The molecule has 27 heavy (non-hydrogen) atoms. The number of pyridine rings is 1. The van der Waals surface area contributed by atoms with Crippen LogP contribution in [0.5, 0.6) is 11.5 Å². The van der Waals surface area contributed by atoms with E-state index < -0.39 is 0 Å². The van der Waals surface area contributed by atoms with Gasteiger partial charge in [-0.1, -0.05) is 6.07 Å². The Morgan fingerprint density at radius 2 is 1.89 bits per heavy atom. The van der Waals surface area contributed by atoms with E-state index in [9.17, 15) is 4.79 Å². The van der Waals surface area contributed by atoms with Gasteiger partial charge < -0.3 is 9.72 Å². The average molecular weight is 512 g/mol. The lowest BCUT2D eigenvalue weighted by Gasteiger charge is -2.19. The maximum absolute atomic E-state index is 12.3. The summed E-state index contributed by atoms with van der Waals surface area (Å²) in [6, 6.07) is 6.04. The van der Waals surface area contributed by atoms with Gasteiger partial charge in [0.15, 0.2) is 5.75 Å². The van der Waals surface area contributed by atoms with Crippen molar-refractivity contribution in [2.45, 2.75) is 39.4 Å². The van der Waals surface area contributed by atoms with E-state index in [-0.39, 0.29) is 10.8 Å². The molecule has 1 aromatic carbocycles. The van der Waals surface area contributed by atoms with Crippen LogP contribution >= 0.6 is 46.6 Å². The topological polar surface area (TPSA) is 55.0 Å². The van der Waals surface area contributed by atoms with Crippen LogP contribution in [-0.4, -0.2) is 9.97 Å². The molecule has 7 heteroatoms. The third-order valence-electron chi connectivity index (χ3n) is 4.17. The summed E-state index contributed by atoms with van der Waals surface area (Å²) in [6.07, 6.45) is 0.666. The highest BCUT2D eigenvalue weighted by molar-refractivity contribution is 14.1. The van der Waals surface area contributed by atoms with Gasteiger partial charge in [0.1, 0.15) is 9.32 Å². The molecule has 1 atom stereocenters. The Morgan fingerprint density at radius 3 is 2.48 bits per heavy atom. The Labute approximate surface area is 182 Å². The number of H-pyrrole nitrogens is 1. The number of benzene rings is 1. The predicted molar refractivity (Wildman–Crippen MR) is 123 cm³/mol. The van der Waals surface area contributed by atoms with Crippen molar-refractivity contribution >= 4 is 46.6 Å². The monoisotopic (exact) mass is 512 g/mol. The third kappa shape index (κ3) is 4.75. The molecule has 2 aromatic heterocycles. The van der Waals surface area contributed by atoms with E-state index in [0.717, 1.165) is 38.8 Å². The number of nitrogens with one attached hydrogen (secondary N) is 1. The number of ether oxygens (including phenoxy) is 1. The standard InChI is InChI=1S/C20H21IN2O2S2/c1-10-5-11(2)7-15(6-10)25-19-17(12(3)22-20(24)18(19)21)16(26)8-14-9-27-13(4)23-14/h5-7,9,16,26H,8H2,1-4H3,(H,22,24). The van der Waals surface area contributed by atoms with Crippen LogP contribution in [0.1, 0.15) is 38.3 Å². The summed E-state index contributed by atoms with van der Waals surface area (Å²) < 4.78 is 6.76. The van der Waals surface area contributed by atoms with Gasteiger partial charge in [-0.3, -0.25) is 4.79 Å². The Hall–Kier alpha value is -1.32. The second-order valence-corrected chi connectivity index (χ2v) is 9.40. The molecule has 0 saturated carbocycles. The molecule has 0 saturated heterocycles. The van der Waals surface area contributed by atoms with Crippen LogP contribution in [0.2, 0.25) is 0 Å². The summed E-state index contributed by atoms with van der Waals surface area (Å²) in [7, 11) is 0. The van der Waals surface area contributed by atoms with Crippen LogP contribution < -0.4 is 10.3 Å². The Morgan fingerprint density at radius 1 is 1.22 bits per heavy atom. The molecule has 0 aliphatic carbocycles. The molecule has 0 fully saturated rings. The first-order chi connectivity index (χ1) is 12.7. The van der Waals surface area contributed by atoms with Gasteiger partial charge in [-0.2, -0.15) is 12.6 Å². The minimum atomic E-state index is -0.152. The van der Waals surface area contributed by atoms with Crippen LogP contribution in [0, 0.1) is 31.3 Å².